The van der Waals surface area contributed by atoms with Crippen LogP contribution in [0.5, 0.6) is 0 Å². The van der Waals surface area contributed by atoms with Crippen LogP contribution in [-0.4, -0.2) is 71.1 Å². The fraction of sp³-hybridized carbons (Fsp3) is 0.717. The predicted molar refractivity (Wildman–Crippen MR) is 237 cm³/mol. The summed E-state index contributed by atoms with van der Waals surface area (Å²) in [6.07, 6.45) is 43.2. The van der Waals surface area contributed by atoms with E-state index >= 15 is 0 Å². The summed E-state index contributed by atoms with van der Waals surface area (Å²) < 4.78 is 32.6. The average Bonchev–Trinajstić information content (AvgIpc) is 3.21. The maximum atomic E-state index is 12.6. The summed E-state index contributed by atoms with van der Waals surface area (Å²) >= 11 is 0. The fourth-order valence-electron chi connectivity index (χ4n) is 5.83. The lowest BCUT2D eigenvalue weighted by Gasteiger charge is -2.20. The first-order valence-electron chi connectivity index (χ1n) is 22.4. The van der Waals surface area contributed by atoms with E-state index in [1.807, 2.05) is 42.5 Å². The number of phosphoric ester groups is 1. The second kappa shape index (κ2) is 40.5. The van der Waals surface area contributed by atoms with Gasteiger partial charge in [-0.3, -0.25) is 23.4 Å². The van der Waals surface area contributed by atoms with E-state index in [-0.39, 0.29) is 12.8 Å². The highest BCUT2D eigenvalue weighted by atomic mass is 31.2. The number of carbonyl (C=O) groups is 3. The van der Waals surface area contributed by atoms with E-state index in [0.717, 1.165) is 32.1 Å². The lowest BCUT2D eigenvalue weighted by atomic mass is 10.0. The molecule has 4 atom stereocenters. The number of aliphatic hydroxyl groups excluding tert-OH is 1. The van der Waals surface area contributed by atoms with Crippen molar-refractivity contribution in [2.75, 3.05) is 19.8 Å². The summed E-state index contributed by atoms with van der Waals surface area (Å²) in [5.74, 6) is -2.50. The molecular formula is C46H80NO11P. The summed E-state index contributed by atoms with van der Waals surface area (Å²) in [6.45, 7) is 2.55. The first-order chi connectivity index (χ1) is 28.5. The third kappa shape index (κ3) is 40.3. The quantitative estimate of drug-likeness (QED) is 0.0150. The molecule has 0 aromatic rings. The zero-order valence-corrected chi connectivity index (χ0v) is 37.3. The van der Waals surface area contributed by atoms with Crippen molar-refractivity contribution in [3.63, 3.8) is 0 Å². The van der Waals surface area contributed by atoms with E-state index in [2.05, 4.69) is 30.5 Å². The number of nitrogens with two attached hydrogens (primary N) is 1. The number of ether oxygens (including phenoxy) is 2. The Morgan fingerprint density at radius 2 is 1.15 bits per heavy atom. The number of allylic oxidation sites excluding steroid dienone is 8. The van der Waals surface area contributed by atoms with E-state index in [1.54, 1.807) is 6.08 Å². The Balaban J connectivity index is 4.48. The first-order valence-corrected chi connectivity index (χ1v) is 23.9. The number of aliphatic hydroxyl groups is 1. The number of hydrogen-bond acceptors (Lipinski definition) is 10. The topological polar surface area (TPSA) is 192 Å². The molecule has 0 aliphatic rings. The zero-order valence-electron chi connectivity index (χ0n) is 36.4. The van der Waals surface area contributed by atoms with Crippen LogP contribution in [0.15, 0.2) is 60.8 Å². The van der Waals surface area contributed by atoms with E-state index in [9.17, 15) is 28.9 Å². The number of rotatable bonds is 41. The van der Waals surface area contributed by atoms with Crippen LogP contribution in [0.4, 0.5) is 0 Å². The Labute approximate surface area is 356 Å². The molecule has 12 nitrogen and oxygen atoms in total. The van der Waals surface area contributed by atoms with Gasteiger partial charge in [0.1, 0.15) is 12.6 Å². The van der Waals surface area contributed by atoms with Crippen molar-refractivity contribution in [3.05, 3.63) is 60.8 Å². The summed E-state index contributed by atoms with van der Waals surface area (Å²) in [4.78, 5) is 46.0. The normalized spacial score (nSPS) is 14.8. The molecule has 0 heterocycles. The largest absolute Gasteiger partial charge is 0.480 e. The summed E-state index contributed by atoms with van der Waals surface area (Å²) in [5.41, 5.74) is 5.33. The molecule has 0 saturated carbocycles. The standard InChI is InChI=1S/C46H80NO11P/c1-3-5-7-9-11-12-13-14-15-16-17-18-19-20-25-29-33-37-45(50)58-42(39-56-59(53,54)57-40-43(47)46(51)52)38-55-44(49)36-32-28-24-22-21-23-27-31-35-41(48)34-30-26-10-8-6-4-2/h6,8,22-24,26-27,30-31,35,41-43,48H,3-5,7,9-21,25,28-29,32-34,36-40,47H2,1-2H3,(H,51,52)(H,53,54)/b8-6-,24-22-,27-23-,30-26-,35-31+/t41?,42-,43+/m1/s1. The lowest BCUT2D eigenvalue weighted by molar-refractivity contribution is -0.161. The van der Waals surface area contributed by atoms with Crippen molar-refractivity contribution in [2.24, 2.45) is 5.73 Å². The van der Waals surface area contributed by atoms with Gasteiger partial charge in [-0.05, 0) is 44.9 Å². The summed E-state index contributed by atoms with van der Waals surface area (Å²) in [6, 6.07) is -1.54. The van der Waals surface area contributed by atoms with Gasteiger partial charge in [-0.15, -0.1) is 0 Å². The Morgan fingerprint density at radius 3 is 1.75 bits per heavy atom. The smallest absolute Gasteiger partial charge is 0.472 e. The number of unbranched alkanes of at least 4 members (excludes halogenated alkanes) is 17. The van der Waals surface area contributed by atoms with E-state index in [0.29, 0.717) is 32.1 Å². The molecule has 0 amide bonds. The SMILES string of the molecule is CC/C=C\C/C=C\CC(O)/C=C/C=C\C/C=C\CCCC(=O)OC[C@H](COP(=O)(O)OC[C@H](N)C(=O)O)OC(=O)CCCCCCCCCCCCCCCCCCC. The van der Waals surface area contributed by atoms with Crippen molar-refractivity contribution < 1.29 is 52.6 Å². The molecule has 340 valence electrons. The Morgan fingerprint density at radius 1 is 0.627 bits per heavy atom. The molecular weight excluding hydrogens is 773 g/mol. The van der Waals surface area contributed by atoms with Crippen molar-refractivity contribution >= 4 is 25.7 Å². The second-order valence-electron chi connectivity index (χ2n) is 15.0. The minimum absolute atomic E-state index is 0.111. The molecule has 0 aromatic carbocycles. The summed E-state index contributed by atoms with van der Waals surface area (Å²) in [5, 5.41) is 18.9. The molecule has 0 aromatic heterocycles. The molecule has 13 heteroatoms. The number of phosphoric acid groups is 1. The summed E-state index contributed by atoms with van der Waals surface area (Å²) in [7, 11) is -4.74. The molecule has 0 saturated heterocycles. The van der Waals surface area contributed by atoms with Crippen molar-refractivity contribution in [1.82, 2.24) is 0 Å². The molecule has 59 heavy (non-hydrogen) atoms. The van der Waals surface area contributed by atoms with Gasteiger partial charge in [0.2, 0.25) is 0 Å². The Hall–Kier alpha value is -2.86. The number of hydrogen-bond donors (Lipinski definition) is 4. The van der Waals surface area contributed by atoms with Crippen LogP contribution >= 0.6 is 7.82 Å². The predicted octanol–water partition coefficient (Wildman–Crippen LogP) is 10.9. The van der Waals surface area contributed by atoms with Gasteiger partial charge < -0.3 is 30.3 Å². The molecule has 0 fully saturated rings. The maximum absolute atomic E-state index is 12.6. The number of carbonyl (C=O) groups excluding carboxylic acids is 2. The third-order valence-electron chi connectivity index (χ3n) is 9.36. The van der Waals surface area contributed by atoms with Crippen LogP contribution in [0.2, 0.25) is 0 Å². The zero-order chi connectivity index (χ0) is 43.7. The molecule has 0 spiro atoms. The second-order valence-corrected chi connectivity index (χ2v) is 16.5. The van der Waals surface area contributed by atoms with Gasteiger partial charge in [0.15, 0.2) is 6.10 Å². The van der Waals surface area contributed by atoms with Crippen LogP contribution in [0.3, 0.4) is 0 Å². The van der Waals surface area contributed by atoms with E-state index in [4.69, 9.17) is 24.8 Å². The minimum Gasteiger partial charge on any atom is -0.480 e. The Kier molecular flexibility index (Phi) is 38.6. The van der Waals surface area contributed by atoms with Gasteiger partial charge >= 0.3 is 25.7 Å². The van der Waals surface area contributed by atoms with Gasteiger partial charge in [-0.2, -0.15) is 0 Å². The van der Waals surface area contributed by atoms with Gasteiger partial charge in [-0.25, -0.2) is 4.57 Å². The highest BCUT2D eigenvalue weighted by molar-refractivity contribution is 7.47. The van der Waals surface area contributed by atoms with Crippen LogP contribution in [0.1, 0.15) is 174 Å². The average molecular weight is 854 g/mol. The fourth-order valence-corrected chi connectivity index (χ4v) is 6.61. The van der Waals surface area contributed by atoms with Gasteiger partial charge in [0, 0.05) is 12.8 Å². The number of carboxylic acids is 1. The van der Waals surface area contributed by atoms with Crippen LogP contribution in [0.25, 0.3) is 0 Å². The van der Waals surface area contributed by atoms with Crippen LogP contribution in [0, 0.1) is 0 Å². The third-order valence-corrected chi connectivity index (χ3v) is 10.3. The molecule has 0 bridgehead atoms. The van der Waals surface area contributed by atoms with Gasteiger partial charge in [0.05, 0.1) is 19.3 Å². The highest BCUT2D eigenvalue weighted by Crippen LogP contribution is 2.43. The van der Waals surface area contributed by atoms with Crippen molar-refractivity contribution in [3.8, 4) is 0 Å². The van der Waals surface area contributed by atoms with E-state index in [1.165, 1.54) is 83.5 Å². The minimum atomic E-state index is -4.74. The van der Waals surface area contributed by atoms with Gasteiger partial charge in [0.25, 0.3) is 0 Å². The molecule has 0 aliphatic carbocycles. The lowest BCUT2D eigenvalue weighted by Crippen LogP contribution is -2.34. The number of esters is 2. The molecule has 2 unspecified atom stereocenters. The molecule has 0 aliphatic heterocycles. The van der Waals surface area contributed by atoms with Crippen molar-refractivity contribution in [1.29, 1.82) is 0 Å². The number of aliphatic carboxylic acids is 1. The van der Waals surface area contributed by atoms with Crippen LogP contribution < -0.4 is 5.73 Å². The monoisotopic (exact) mass is 854 g/mol. The van der Waals surface area contributed by atoms with Gasteiger partial charge in [-0.1, -0.05) is 177 Å². The van der Waals surface area contributed by atoms with Crippen LogP contribution in [-0.2, 0) is 37.5 Å². The molecule has 0 radical (unpaired) electrons. The number of carboxylic acid groups (broad SMARTS) is 1. The highest BCUT2D eigenvalue weighted by Gasteiger charge is 2.28. The van der Waals surface area contributed by atoms with E-state index < -0.39 is 63.8 Å². The molecule has 0 rings (SSSR count). The molecule has 5 N–H and O–H groups in total. The first kappa shape index (κ1) is 56.1. The Bertz CT molecular complexity index is 1250. The maximum Gasteiger partial charge on any atom is 0.472 e. The van der Waals surface area contributed by atoms with Crippen molar-refractivity contribution in [2.45, 2.75) is 193 Å².